The van der Waals surface area contributed by atoms with Crippen LogP contribution in [0.1, 0.15) is 17.8 Å². The maximum atomic E-state index is 6.10. The Labute approximate surface area is 128 Å². The molecule has 1 aliphatic rings. The molecule has 5 nitrogen and oxygen atoms in total. The van der Waals surface area contributed by atoms with E-state index >= 15 is 0 Å². The van der Waals surface area contributed by atoms with Crippen molar-refractivity contribution in [1.29, 1.82) is 0 Å². The topological polar surface area (TPSA) is 55.6 Å². The van der Waals surface area contributed by atoms with Crippen molar-refractivity contribution in [3.05, 3.63) is 40.9 Å². The minimum atomic E-state index is 0. The van der Waals surface area contributed by atoms with Gasteiger partial charge in [0.25, 0.3) is 0 Å². The van der Waals surface area contributed by atoms with Gasteiger partial charge in [0.2, 0.25) is 0 Å². The first-order valence-corrected chi connectivity index (χ1v) is 6.58. The zero-order valence-electron chi connectivity index (χ0n) is 11.0. The summed E-state index contributed by atoms with van der Waals surface area (Å²) in [6.07, 6.45) is 4.80. The van der Waals surface area contributed by atoms with E-state index in [0.717, 1.165) is 36.6 Å². The maximum Gasteiger partial charge on any atom is 0.154 e. The van der Waals surface area contributed by atoms with Crippen LogP contribution < -0.4 is 5.32 Å². The fourth-order valence-corrected chi connectivity index (χ4v) is 2.43. The summed E-state index contributed by atoms with van der Waals surface area (Å²) >= 11 is 6.10. The zero-order valence-corrected chi connectivity index (χ0v) is 12.6. The number of nitrogens with zero attached hydrogens (tertiary/aromatic N) is 4. The van der Waals surface area contributed by atoms with Crippen molar-refractivity contribution in [2.45, 2.75) is 13.3 Å². The van der Waals surface area contributed by atoms with Gasteiger partial charge in [-0.05, 0) is 37.6 Å². The Morgan fingerprint density at radius 2 is 2.25 bits per heavy atom. The van der Waals surface area contributed by atoms with E-state index in [4.69, 9.17) is 11.6 Å². The van der Waals surface area contributed by atoms with Crippen molar-refractivity contribution in [1.82, 2.24) is 25.3 Å². The predicted molar refractivity (Wildman–Crippen MR) is 81.6 cm³/mol. The highest BCUT2D eigenvalue weighted by Gasteiger charge is 2.16. The minimum Gasteiger partial charge on any atom is -0.313 e. The SMILES string of the molecule is Cc1c(C2=CCNCC2)nnn1-c1cccnc1Cl.Cl. The Morgan fingerprint density at radius 1 is 1.40 bits per heavy atom. The lowest BCUT2D eigenvalue weighted by molar-refractivity contribution is 0.736. The van der Waals surface area contributed by atoms with Crippen LogP contribution in [0.3, 0.4) is 0 Å². The van der Waals surface area contributed by atoms with Crippen molar-refractivity contribution in [3.63, 3.8) is 0 Å². The molecular formula is C13H15Cl2N5. The molecule has 0 aliphatic carbocycles. The summed E-state index contributed by atoms with van der Waals surface area (Å²) in [6.45, 7) is 3.86. The van der Waals surface area contributed by atoms with Crippen molar-refractivity contribution >= 4 is 29.6 Å². The van der Waals surface area contributed by atoms with Crippen LogP contribution in [-0.4, -0.2) is 33.1 Å². The average Bonchev–Trinajstić information content (AvgIpc) is 2.82. The fourth-order valence-electron chi connectivity index (χ4n) is 2.23. The van der Waals surface area contributed by atoms with E-state index in [1.807, 2.05) is 19.1 Å². The summed E-state index contributed by atoms with van der Waals surface area (Å²) in [5, 5.41) is 12.2. The molecule has 2 aromatic rings. The first kappa shape index (κ1) is 15.0. The molecule has 3 heterocycles. The molecule has 0 radical (unpaired) electrons. The van der Waals surface area contributed by atoms with Gasteiger partial charge in [-0.25, -0.2) is 9.67 Å². The van der Waals surface area contributed by atoms with Gasteiger partial charge in [0.05, 0.1) is 5.69 Å². The number of hydrogen-bond acceptors (Lipinski definition) is 4. The van der Waals surface area contributed by atoms with Gasteiger partial charge >= 0.3 is 0 Å². The number of rotatable bonds is 2. The molecule has 7 heteroatoms. The largest absolute Gasteiger partial charge is 0.313 e. The summed E-state index contributed by atoms with van der Waals surface area (Å²) in [6, 6.07) is 3.73. The molecule has 0 aromatic carbocycles. The second kappa shape index (κ2) is 6.35. The molecular weight excluding hydrogens is 297 g/mol. The predicted octanol–water partition coefficient (Wildman–Crippen LogP) is 2.42. The number of nitrogens with one attached hydrogen (secondary N) is 1. The second-order valence-electron chi connectivity index (χ2n) is 4.43. The van der Waals surface area contributed by atoms with E-state index in [2.05, 4.69) is 26.7 Å². The quantitative estimate of drug-likeness (QED) is 0.865. The van der Waals surface area contributed by atoms with E-state index in [1.54, 1.807) is 10.9 Å². The Morgan fingerprint density at radius 3 is 2.95 bits per heavy atom. The third kappa shape index (κ3) is 2.70. The Hall–Kier alpha value is -1.43. The van der Waals surface area contributed by atoms with Gasteiger partial charge < -0.3 is 5.32 Å². The summed E-state index contributed by atoms with van der Waals surface area (Å²) in [4.78, 5) is 4.07. The normalized spacial score (nSPS) is 14.6. The Kier molecular flexibility index (Phi) is 4.75. The number of hydrogen-bond donors (Lipinski definition) is 1. The lowest BCUT2D eigenvalue weighted by atomic mass is 10.0. The standard InChI is InChI=1S/C13H14ClN5.ClH/c1-9-12(10-4-7-15-8-5-10)17-18-19(9)11-3-2-6-16-13(11)14;/h2-4,6,15H,5,7-8H2,1H3;1H. The second-order valence-corrected chi connectivity index (χ2v) is 4.79. The molecule has 106 valence electrons. The maximum absolute atomic E-state index is 6.10. The lowest BCUT2D eigenvalue weighted by Gasteiger charge is -2.12. The molecule has 1 aliphatic heterocycles. The molecule has 0 saturated heterocycles. The Balaban J connectivity index is 0.00000147. The highest BCUT2D eigenvalue weighted by molar-refractivity contribution is 6.31. The van der Waals surface area contributed by atoms with Gasteiger partial charge in [-0.15, -0.1) is 17.5 Å². The fraction of sp³-hybridized carbons (Fsp3) is 0.308. The van der Waals surface area contributed by atoms with E-state index in [0.29, 0.717) is 5.15 Å². The van der Waals surface area contributed by atoms with Gasteiger partial charge in [-0.2, -0.15) is 0 Å². The van der Waals surface area contributed by atoms with E-state index in [1.165, 1.54) is 5.57 Å². The van der Waals surface area contributed by atoms with Crippen LogP contribution in [0.4, 0.5) is 0 Å². The van der Waals surface area contributed by atoms with E-state index < -0.39 is 0 Å². The zero-order chi connectivity index (χ0) is 13.2. The first-order chi connectivity index (χ1) is 9.27. The third-order valence-corrected chi connectivity index (χ3v) is 3.52. The summed E-state index contributed by atoms with van der Waals surface area (Å²) in [7, 11) is 0. The monoisotopic (exact) mass is 311 g/mol. The smallest absolute Gasteiger partial charge is 0.154 e. The molecule has 0 bridgehead atoms. The summed E-state index contributed by atoms with van der Waals surface area (Å²) in [5.74, 6) is 0. The van der Waals surface area contributed by atoms with Crippen molar-refractivity contribution in [3.8, 4) is 5.69 Å². The highest BCUT2D eigenvalue weighted by Crippen LogP contribution is 2.24. The number of pyridine rings is 1. The molecule has 3 rings (SSSR count). The molecule has 2 aromatic heterocycles. The third-order valence-electron chi connectivity index (χ3n) is 3.23. The molecule has 0 amide bonds. The van der Waals surface area contributed by atoms with Crippen molar-refractivity contribution < 1.29 is 0 Å². The molecule has 0 spiro atoms. The molecule has 1 N–H and O–H groups in total. The van der Waals surface area contributed by atoms with Crippen LogP contribution in [0, 0.1) is 6.92 Å². The minimum absolute atomic E-state index is 0. The van der Waals surface area contributed by atoms with Crippen LogP contribution in [0.5, 0.6) is 0 Å². The van der Waals surface area contributed by atoms with Crippen LogP contribution in [-0.2, 0) is 0 Å². The van der Waals surface area contributed by atoms with Crippen LogP contribution in [0.2, 0.25) is 5.15 Å². The molecule has 0 unspecified atom stereocenters. The van der Waals surface area contributed by atoms with E-state index in [-0.39, 0.29) is 12.4 Å². The van der Waals surface area contributed by atoms with Gasteiger partial charge in [0, 0.05) is 12.7 Å². The number of halogens is 2. The van der Waals surface area contributed by atoms with E-state index in [9.17, 15) is 0 Å². The Bertz CT molecular complexity index is 635. The van der Waals surface area contributed by atoms with Gasteiger partial charge in [-0.3, -0.25) is 0 Å². The van der Waals surface area contributed by atoms with Crippen LogP contribution >= 0.6 is 24.0 Å². The summed E-state index contributed by atoms with van der Waals surface area (Å²) < 4.78 is 1.74. The first-order valence-electron chi connectivity index (χ1n) is 6.20. The molecule has 0 fully saturated rings. The molecule has 0 saturated carbocycles. The average molecular weight is 312 g/mol. The van der Waals surface area contributed by atoms with Gasteiger partial charge in [0.15, 0.2) is 5.15 Å². The van der Waals surface area contributed by atoms with Gasteiger partial charge in [-0.1, -0.05) is 22.9 Å². The van der Waals surface area contributed by atoms with Crippen molar-refractivity contribution in [2.24, 2.45) is 0 Å². The van der Waals surface area contributed by atoms with Crippen molar-refractivity contribution in [2.75, 3.05) is 13.1 Å². The number of aromatic nitrogens is 4. The molecule has 0 atom stereocenters. The molecule has 20 heavy (non-hydrogen) atoms. The summed E-state index contributed by atoms with van der Waals surface area (Å²) in [5.41, 5.74) is 3.93. The lowest BCUT2D eigenvalue weighted by Crippen LogP contribution is -2.20. The highest BCUT2D eigenvalue weighted by atomic mass is 35.5. The van der Waals surface area contributed by atoms with Gasteiger partial charge in [0.1, 0.15) is 11.4 Å². The van der Waals surface area contributed by atoms with Crippen LogP contribution in [0.25, 0.3) is 11.3 Å². The van der Waals surface area contributed by atoms with Crippen LogP contribution in [0.15, 0.2) is 24.4 Å².